The molecule has 108 valence electrons. The van der Waals surface area contributed by atoms with Gasteiger partial charge in [0.1, 0.15) is 10.1 Å². The molecule has 0 spiro atoms. The average Bonchev–Trinajstić information content (AvgIpc) is 2.48. The number of hydrazone groups is 1. The Labute approximate surface area is 150 Å². The van der Waals surface area contributed by atoms with Crippen LogP contribution in [-0.4, -0.2) is 23.8 Å². The van der Waals surface area contributed by atoms with E-state index in [-0.39, 0.29) is 35.1 Å². The molecule has 0 aliphatic carbocycles. The summed E-state index contributed by atoms with van der Waals surface area (Å²) < 4.78 is 33.7. The van der Waals surface area contributed by atoms with Gasteiger partial charge in [-0.1, -0.05) is 48.5 Å². The average molecular weight is 326 g/mol. The number of para-hydroxylation sites is 1. The molecular formula is C14H11N2NaO4S. The van der Waals surface area contributed by atoms with E-state index in [1.165, 1.54) is 12.1 Å². The van der Waals surface area contributed by atoms with Gasteiger partial charge in [-0.3, -0.25) is 10.2 Å². The number of anilines is 1. The Morgan fingerprint density at radius 3 is 1.95 bits per heavy atom. The molecule has 1 N–H and O–H groups in total. The third-order valence-electron chi connectivity index (χ3n) is 2.53. The molecule has 0 unspecified atom stereocenters. The Bertz CT molecular complexity index is 762. The number of nitrogens with zero attached hydrogens (tertiary/aromatic N) is 1. The van der Waals surface area contributed by atoms with Gasteiger partial charge in [-0.25, -0.2) is 8.42 Å². The molecule has 2 aromatic rings. The van der Waals surface area contributed by atoms with Crippen molar-refractivity contribution in [3.05, 3.63) is 66.2 Å². The Balaban J connectivity index is 0.00000242. The maximum atomic E-state index is 12.1. The molecule has 0 aromatic heterocycles. The van der Waals surface area contributed by atoms with Crippen molar-refractivity contribution in [3.8, 4) is 0 Å². The van der Waals surface area contributed by atoms with Crippen LogP contribution in [0.3, 0.4) is 0 Å². The quantitative estimate of drug-likeness (QED) is 0.191. The normalized spacial score (nSPS) is 11.4. The van der Waals surface area contributed by atoms with E-state index in [0.717, 1.165) is 0 Å². The predicted molar refractivity (Wildman–Crippen MR) is 78.0 cm³/mol. The van der Waals surface area contributed by atoms with Crippen molar-refractivity contribution >= 4 is 26.6 Å². The third kappa shape index (κ3) is 5.04. The summed E-state index contributed by atoms with van der Waals surface area (Å²) in [5.74, 6) is -0.950. The van der Waals surface area contributed by atoms with Crippen LogP contribution < -0.4 is 35.0 Å². The van der Waals surface area contributed by atoms with Crippen LogP contribution in [-0.2, 0) is 10.1 Å². The molecule has 8 heteroatoms. The van der Waals surface area contributed by atoms with Gasteiger partial charge >= 0.3 is 29.6 Å². The zero-order valence-corrected chi connectivity index (χ0v) is 14.6. The number of Topliss-reactive ketones (excluding diaryl/α,β-unsaturated/α-hetero) is 1. The first-order valence-electron chi connectivity index (χ1n) is 5.93. The van der Waals surface area contributed by atoms with E-state index in [0.29, 0.717) is 5.69 Å². The fourth-order valence-electron chi connectivity index (χ4n) is 1.56. The monoisotopic (exact) mass is 326 g/mol. The van der Waals surface area contributed by atoms with Gasteiger partial charge in [-0.05, 0) is 12.1 Å². The van der Waals surface area contributed by atoms with E-state index < -0.39 is 20.9 Å². The maximum absolute atomic E-state index is 12.1. The van der Waals surface area contributed by atoms with E-state index in [4.69, 9.17) is 0 Å². The second-order valence-corrected chi connectivity index (χ2v) is 5.34. The first kappa shape index (κ1) is 18.5. The first-order chi connectivity index (χ1) is 9.98. The van der Waals surface area contributed by atoms with Crippen molar-refractivity contribution in [2.45, 2.75) is 0 Å². The Morgan fingerprint density at radius 2 is 1.45 bits per heavy atom. The summed E-state index contributed by atoms with van der Waals surface area (Å²) in [7, 11) is -4.99. The molecule has 0 atom stereocenters. The van der Waals surface area contributed by atoms with Gasteiger partial charge in [-0.2, -0.15) is 5.10 Å². The zero-order chi connectivity index (χ0) is 15.3. The molecule has 2 aromatic carbocycles. The molecule has 0 fully saturated rings. The summed E-state index contributed by atoms with van der Waals surface area (Å²) in [6.45, 7) is 0. The predicted octanol–water partition coefficient (Wildman–Crippen LogP) is -1.16. The molecule has 0 aliphatic rings. The van der Waals surface area contributed by atoms with Crippen molar-refractivity contribution in [2.75, 3.05) is 5.43 Å². The molecule has 0 heterocycles. The number of carbonyl (C=O) groups is 1. The van der Waals surface area contributed by atoms with Gasteiger partial charge in [-0.15, -0.1) is 0 Å². The van der Waals surface area contributed by atoms with Crippen LogP contribution in [0.2, 0.25) is 0 Å². The topological polar surface area (TPSA) is 98.7 Å². The van der Waals surface area contributed by atoms with Gasteiger partial charge < -0.3 is 4.55 Å². The number of hydrogen-bond donors (Lipinski definition) is 1. The van der Waals surface area contributed by atoms with Gasteiger partial charge in [0.05, 0.1) is 5.69 Å². The molecule has 0 amide bonds. The largest absolute Gasteiger partial charge is 1.00 e. The molecule has 0 aliphatic heterocycles. The minimum atomic E-state index is -4.99. The second-order valence-electron chi connectivity index (χ2n) is 4.04. The number of ketones is 1. The number of benzene rings is 2. The van der Waals surface area contributed by atoms with Gasteiger partial charge in [0.2, 0.25) is 10.8 Å². The molecule has 0 bridgehead atoms. The van der Waals surface area contributed by atoms with Gasteiger partial charge in [0.25, 0.3) is 0 Å². The first-order valence-corrected chi connectivity index (χ1v) is 7.34. The number of rotatable bonds is 4. The fourth-order valence-corrected chi connectivity index (χ4v) is 2.06. The summed E-state index contributed by atoms with van der Waals surface area (Å²) in [4.78, 5) is 12.1. The van der Waals surface area contributed by atoms with Crippen molar-refractivity contribution in [1.29, 1.82) is 0 Å². The minimum Gasteiger partial charge on any atom is -0.743 e. The molecule has 0 saturated carbocycles. The van der Waals surface area contributed by atoms with Crippen LogP contribution in [0.4, 0.5) is 5.69 Å². The smallest absolute Gasteiger partial charge is 0.743 e. The van der Waals surface area contributed by atoms with Crippen molar-refractivity contribution in [1.82, 2.24) is 0 Å². The number of hydrogen-bond acceptors (Lipinski definition) is 6. The van der Waals surface area contributed by atoms with Crippen LogP contribution in [0.1, 0.15) is 10.4 Å². The molecule has 0 saturated heterocycles. The molecule has 6 nitrogen and oxygen atoms in total. The maximum Gasteiger partial charge on any atom is 1.00 e. The summed E-state index contributed by atoms with van der Waals surface area (Å²) in [5.41, 5.74) is 2.92. The Morgan fingerprint density at radius 1 is 0.955 bits per heavy atom. The SMILES string of the molecule is O=C(/C(=N\Nc1ccccc1)S(=O)(=O)[O-])c1ccccc1.[Na+]. The van der Waals surface area contributed by atoms with E-state index in [2.05, 4.69) is 10.5 Å². The second kappa shape index (κ2) is 8.21. The van der Waals surface area contributed by atoms with E-state index in [1.54, 1.807) is 48.5 Å². The molecule has 0 radical (unpaired) electrons. The molecule has 22 heavy (non-hydrogen) atoms. The van der Waals surface area contributed by atoms with Crippen molar-refractivity contribution in [2.24, 2.45) is 5.10 Å². The summed E-state index contributed by atoms with van der Waals surface area (Å²) in [6.07, 6.45) is 0. The van der Waals surface area contributed by atoms with E-state index in [9.17, 15) is 17.8 Å². The van der Waals surface area contributed by atoms with E-state index >= 15 is 0 Å². The van der Waals surface area contributed by atoms with E-state index in [1.807, 2.05) is 0 Å². The van der Waals surface area contributed by atoms with Crippen LogP contribution in [0.5, 0.6) is 0 Å². The summed E-state index contributed by atoms with van der Waals surface area (Å²) in [6, 6.07) is 16.0. The van der Waals surface area contributed by atoms with Crippen LogP contribution in [0.15, 0.2) is 65.8 Å². The van der Waals surface area contributed by atoms with Gasteiger partial charge in [0.15, 0.2) is 0 Å². The number of carbonyl (C=O) groups excluding carboxylic acids is 1. The fraction of sp³-hybridized carbons (Fsp3) is 0. The van der Waals surface area contributed by atoms with Crippen molar-refractivity contribution < 1.29 is 47.3 Å². The number of nitrogens with one attached hydrogen (secondary N) is 1. The van der Waals surface area contributed by atoms with Crippen molar-refractivity contribution in [3.63, 3.8) is 0 Å². The molecular weight excluding hydrogens is 315 g/mol. The van der Waals surface area contributed by atoms with Gasteiger partial charge in [0, 0.05) is 5.56 Å². The van der Waals surface area contributed by atoms with Crippen LogP contribution >= 0.6 is 0 Å². The standard InChI is InChI=1S/C14H12N2O4S.Na/c17-13(11-7-3-1-4-8-11)14(21(18,19)20)16-15-12-9-5-2-6-10-12;/h1-10,15H,(H,18,19,20);/q;+1/p-1/b16-14+;. The Kier molecular flexibility index (Phi) is 6.92. The summed E-state index contributed by atoms with van der Waals surface area (Å²) >= 11 is 0. The minimum absolute atomic E-state index is 0. The Hall–Kier alpha value is -1.51. The zero-order valence-electron chi connectivity index (χ0n) is 11.8. The molecule has 2 rings (SSSR count). The van der Waals surface area contributed by atoms with Crippen LogP contribution in [0.25, 0.3) is 0 Å². The summed E-state index contributed by atoms with van der Waals surface area (Å²) in [5, 5.41) is 2.39. The van der Waals surface area contributed by atoms with Crippen LogP contribution in [0, 0.1) is 0 Å². The third-order valence-corrected chi connectivity index (χ3v) is 3.28.